The lowest BCUT2D eigenvalue weighted by molar-refractivity contribution is 0.639. The van der Waals surface area contributed by atoms with Crippen molar-refractivity contribution in [3.63, 3.8) is 0 Å². The molecule has 10 aromatic rings. The highest BCUT2D eigenvalue weighted by Crippen LogP contribution is 2.48. The van der Waals surface area contributed by atoms with Crippen LogP contribution in [0.4, 0.5) is 0 Å². The smallest absolute Gasteiger partial charge is 0.0911 e. The Bertz CT molecular complexity index is 3270. The van der Waals surface area contributed by atoms with Gasteiger partial charge in [-0.05, 0) is 113 Å². The third-order valence-corrected chi connectivity index (χ3v) is 16.4. The fourth-order valence-corrected chi connectivity index (χ4v) is 13.1. The van der Waals surface area contributed by atoms with E-state index in [2.05, 4.69) is 228 Å². The second-order valence-corrected chi connectivity index (χ2v) is 20.6. The average Bonchev–Trinajstić information content (AvgIpc) is 3.33. The zero-order valence-corrected chi connectivity index (χ0v) is 37.6. The standard InChI is InChI=1S/C60H45BS2/c1-59(2,42-19-7-5-8-20-42)44-29-31-50-52(36-44)62-54-34-41(35-55-58(54)61(50)51-32-30-45(37-53(51)63-55)60(3,4)43-21-9-6-10-22-43)57-48-25-15-13-23-46(48)56(47-24-14-16-26-49(47)57)40-28-27-38-17-11-12-18-39(38)33-40/h5-37H,1-4H3. The topological polar surface area (TPSA) is 0 Å². The Morgan fingerprint density at radius 2 is 0.762 bits per heavy atom. The molecule has 2 aliphatic rings. The van der Waals surface area contributed by atoms with Crippen molar-refractivity contribution in [1.29, 1.82) is 0 Å². The number of benzene rings is 10. The summed E-state index contributed by atoms with van der Waals surface area (Å²) in [5, 5.41) is 7.64. The van der Waals surface area contributed by atoms with Gasteiger partial charge >= 0.3 is 0 Å². The molecule has 12 rings (SSSR count). The molecule has 0 saturated carbocycles. The Morgan fingerprint density at radius 3 is 1.25 bits per heavy atom. The maximum atomic E-state index is 2.52. The van der Waals surface area contributed by atoms with Crippen LogP contribution in [0.15, 0.2) is 220 Å². The molecule has 0 saturated heterocycles. The number of hydrogen-bond acceptors (Lipinski definition) is 2. The van der Waals surface area contributed by atoms with E-state index >= 15 is 0 Å². The van der Waals surface area contributed by atoms with Crippen LogP contribution in [0, 0.1) is 0 Å². The zero-order chi connectivity index (χ0) is 42.5. The normalized spacial score (nSPS) is 13.2. The predicted octanol–water partition coefficient (Wildman–Crippen LogP) is 14.6. The van der Waals surface area contributed by atoms with Crippen molar-refractivity contribution >= 4 is 78.9 Å². The first-order chi connectivity index (χ1) is 30.7. The van der Waals surface area contributed by atoms with Crippen LogP contribution in [-0.2, 0) is 10.8 Å². The molecule has 0 bridgehead atoms. The van der Waals surface area contributed by atoms with Gasteiger partial charge in [-0.15, -0.1) is 0 Å². The highest BCUT2D eigenvalue weighted by atomic mass is 32.2. The average molecular weight is 841 g/mol. The molecule has 0 fully saturated rings. The highest BCUT2D eigenvalue weighted by Gasteiger charge is 2.40. The fraction of sp³-hybridized carbons (Fsp3) is 0.100. The molecule has 0 radical (unpaired) electrons. The van der Waals surface area contributed by atoms with Crippen LogP contribution in [-0.4, -0.2) is 6.71 Å². The minimum atomic E-state index is -0.146. The van der Waals surface area contributed by atoms with Crippen molar-refractivity contribution < 1.29 is 0 Å². The molecule has 0 aromatic heterocycles. The lowest BCUT2D eigenvalue weighted by Crippen LogP contribution is -2.58. The second-order valence-electron chi connectivity index (χ2n) is 18.4. The summed E-state index contributed by atoms with van der Waals surface area (Å²) in [4.78, 5) is 5.41. The molecule has 300 valence electrons. The Labute approximate surface area is 379 Å². The predicted molar refractivity (Wildman–Crippen MR) is 273 cm³/mol. The van der Waals surface area contributed by atoms with Gasteiger partial charge < -0.3 is 0 Å². The number of rotatable bonds is 6. The van der Waals surface area contributed by atoms with E-state index in [4.69, 9.17) is 0 Å². The second kappa shape index (κ2) is 14.7. The third kappa shape index (κ3) is 6.15. The first-order valence-electron chi connectivity index (χ1n) is 22.1. The molecule has 0 spiro atoms. The van der Waals surface area contributed by atoms with E-state index in [-0.39, 0.29) is 17.5 Å². The van der Waals surface area contributed by atoms with Crippen molar-refractivity contribution in [3.05, 3.63) is 222 Å². The first-order valence-corrected chi connectivity index (χ1v) is 23.7. The SMILES string of the molecule is CC(C)(c1ccccc1)c1ccc2c(c1)Sc1cc(-c3c4ccccc4c(-c4ccc5ccccc5c4)c4ccccc34)cc3c1B2c1ccc(C(C)(C)c2ccccc2)cc1S3. The lowest BCUT2D eigenvalue weighted by atomic mass is 9.36. The maximum absolute atomic E-state index is 2.52. The van der Waals surface area contributed by atoms with Gasteiger partial charge in [0.2, 0.25) is 6.71 Å². The molecule has 0 unspecified atom stereocenters. The molecule has 2 aliphatic heterocycles. The van der Waals surface area contributed by atoms with E-state index < -0.39 is 0 Å². The number of hydrogen-bond donors (Lipinski definition) is 0. The Kier molecular flexibility index (Phi) is 8.94. The Balaban J connectivity index is 1.08. The Morgan fingerprint density at radius 1 is 0.333 bits per heavy atom. The van der Waals surface area contributed by atoms with Crippen LogP contribution in [0.3, 0.4) is 0 Å². The van der Waals surface area contributed by atoms with Gasteiger partial charge in [0, 0.05) is 30.4 Å². The van der Waals surface area contributed by atoms with Gasteiger partial charge in [0.15, 0.2) is 0 Å². The molecule has 0 amide bonds. The Hall–Kier alpha value is -6.26. The van der Waals surface area contributed by atoms with Gasteiger partial charge in [-0.2, -0.15) is 0 Å². The molecule has 0 aliphatic carbocycles. The van der Waals surface area contributed by atoms with Crippen LogP contribution in [0.1, 0.15) is 49.9 Å². The van der Waals surface area contributed by atoms with Crippen molar-refractivity contribution in [2.75, 3.05) is 0 Å². The monoisotopic (exact) mass is 840 g/mol. The minimum Gasteiger partial charge on any atom is -0.0911 e. The van der Waals surface area contributed by atoms with Crippen LogP contribution >= 0.6 is 23.5 Å². The molecule has 0 atom stereocenters. The van der Waals surface area contributed by atoms with Crippen molar-refractivity contribution in [2.45, 2.75) is 58.1 Å². The summed E-state index contributed by atoms with van der Waals surface area (Å²) >= 11 is 3.92. The maximum Gasteiger partial charge on any atom is 0.247 e. The van der Waals surface area contributed by atoms with Crippen molar-refractivity contribution in [3.8, 4) is 22.3 Å². The molecular formula is C60H45BS2. The van der Waals surface area contributed by atoms with E-state index in [1.54, 1.807) is 0 Å². The molecule has 0 N–H and O–H groups in total. The van der Waals surface area contributed by atoms with Gasteiger partial charge in [-0.3, -0.25) is 0 Å². The van der Waals surface area contributed by atoms with Crippen molar-refractivity contribution in [2.24, 2.45) is 0 Å². The summed E-state index contributed by atoms with van der Waals surface area (Å²) in [5.41, 5.74) is 14.4. The van der Waals surface area contributed by atoms with Crippen LogP contribution in [0.25, 0.3) is 54.6 Å². The van der Waals surface area contributed by atoms with E-state index in [1.165, 1.54) is 113 Å². The van der Waals surface area contributed by atoms with Crippen LogP contribution < -0.4 is 16.4 Å². The summed E-state index contributed by atoms with van der Waals surface area (Å²) < 4.78 is 0. The van der Waals surface area contributed by atoms with E-state index in [0.717, 1.165) is 0 Å². The van der Waals surface area contributed by atoms with Gasteiger partial charge in [-0.25, -0.2) is 0 Å². The van der Waals surface area contributed by atoms with E-state index in [1.807, 2.05) is 23.5 Å². The molecule has 0 nitrogen and oxygen atoms in total. The molecule has 3 heteroatoms. The summed E-state index contributed by atoms with van der Waals surface area (Å²) in [6.45, 7) is 9.59. The van der Waals surface area contributed by atoms with Gasteiger partial charge in [0.1, 0.15) is 0 Å². The summed E-state index contributed by atoms with van der Waals surface area (Å²) in [5.74, 6) is 0. The molecular weight excluding hydrogens is 796 g/mol. The molecule has 10 aromatic carbocycles. The summed E-state index contributed by atoms with van der Waals surface area (Å²) in [6.07, 6.45) is 0. The summed E-state index contributed by atoms with van der Waals surface area (Å²) in [7, 11) is 0. The van der Waals surface area contributed by atoms with Gasteiger partial charge in [0.25, 0.3) is 0 Å². The largest absolute Gasteiger partial charge is 0.247 e. The molecule has 63 heavy (non-hydrogen) atoms. The lowest BCUT2D eigenvalue weighted by Gasteiger charge is -2.36. The molecule has 2 heterocycles. The van der Waals surface area contributed by atoms with E-state index in [0.29, 0.717) is 0 Å². The fourth-order valence-electron chi connectivity index (χ4n) is 10.6. The van der Waals surface area contributed by atoms with Crippen LogP contribution in [0.5, 0.6) is 0 Å². The minimum absolute atomic E-state index is 0.142. The van der Waals surface area contributed by atoms with Crippen molar-refractivity contribution in [1.82, 2.24) is 0 Å². The third-order valence-electron chi connectivity index (χ3n) is 14.2. The van der Waals surface area contributed by atoms with Gasteiger partial charge in [0.05, 0.1) is 0 Å². The van der Waals surface area contributed by atoms with E-state index in [9.17, 15) is 0 Å². The quantitative estimate of drug-likeness (QED) is 0.121. The number of fused-ring (bicyclic) bond motifs is 7. The zero-order valence-electron chi connectivity index (χ0n) is 35.9. The van der Waals surface area contributed by atoms with Crippen LogP contribution in [0.2, 0.25) is 0 Å². The first kappa shape index (κ1) is 38.4. The van der Waals surface area contributed by atoms with Gasteiger partial charge in [-0.1, -0.05) is 232 Å². The summed E-state index contributed by atoms with van der Waals surface area (Å²) in [6, 6.07) is 75.5. The highest BCUT2D eigenvalue weighted by molar-refractivity contribution is 8.01.